The van der Waals surface area contributed by atoms with Gasteiger partial charge < -0.3 is 4.57 Å². The van der Waals surface area contributed by atoms with Gasteiger partial charge in [0.25, 0.3) is 25.6 Å². The number of fused-ring (bicyclic) bond motifs is 2. The lowest BCUT2D eigenvalue weighted by molar-refractivity contribution is 0.577. The van der Waals surface area contributed by atoms with E-state index in [0.29, 0.717) is 29.9 Å². The maximum atomic E-state index is 12.3. The van der Waals surface area contributed by atoms with E-state index in [1.54, 1.807) is 64.6 Å². The Morgan fingerprint density at radius 1 is 0.800 bits per heavy atom. The number of pyridine rings is 3. The fourth-order valence-corrected chi connectivity index (χ4v) is 6.61. The third-order valence-electron chi connectivity index (χ3n) is 5.82. The Kier molecular flexibility index (Phi) is 8.60. The summed E-state index contributed by atoms with van der Waals surface area (Å²) in [5, 5.41) is 0.230. The first-order valence-corrected chi connectivity index (χ1v) is 15.9. The van der Waals surface area contributed by atoms with Crippen molar-refractivity contribution in [3.05, 3.63) is 81.7 Å². The van der Waals surface area contributed by atoms with E-state index in [2.05, 4.69) is 35.3 Å². The Hall–Kier alpha value is -3.37. The van der Waals surface area contributed by atoms with Crippen LogP contribution in [0.1, 0.15) is 19.4 Å². The van der Waals surface area contributed by atoms with Gasteiger partial charge in [0.05, 0.1) is 12.4 Å². The van der Waals surface area contributed by atoms with Gasteiger partial charge in [-0.25, -0.2) is 36.2 Å². The van der Waals surface area contributed by atoms with Gasteiger partial charge in [-0.2, -0.15) is 0 Å². The van der Waals surface area contributed by atoms with Gasteiger partial charge in [0, 0.05) is 48.8 Å². The van der Waals surface area contributed by atoms with Crippen LogP contribution in [0.3, 0.4) is 0 Å². The summed E-state index contributed by atoms with van der Waals surface area (Å²) in [6.45, 7) is 5.86. The summed E-state index contributed by atoms with van der Waals surface area (Å²) in [4.78, 5) is 20.0. The molecule has 0 aromatic carbocycles. The molecule has 15 heteroatoms. The lowest BCUT2D eigenvalue weighted by Gasteiger charge is -2.09. The molecule has 0 saturated carbocycles. The number of sulfonamides is 2. The molecule has 0 atom stereocenters. The summed E-state index contributed by atoms with van der Waals surface area (Å²) >= 11 is 3.29. The SMILES string of the molecule is CCNS(=O)(=O)c1cnc2ccc(-c3cc(C)c(=O)n(C)c3)cn12.CCNS(=O)(=O)c1cnc2ccc(Br)cn12. The molecule has 5 aromatic rings. The average molecular weight is 651 g/mol. The molecular weight excluding hydrogens is 622 g/mol. The summed E-state index contributed by atoms with van der Waals surface area (Å²) in [5.41, 5.74) is 3.33. The van der Waals surface area contributed by atoms with Crippen molar-refractivity contribution in [3.8, 4) is 11.1 Å². The van der Waals surface area contributed by atoms with E-state index in [-0.39, 0.29) is 15.6 Å². The molecule has 40 heavy (non-hydrogen) atoms. The first kappa shape index (κ1) is 29.6. The van der Waals surface area contributed by atoms with Gasteiger partial charge >= 0.3 is 0 Å². The monoisotopic (exact) mass is 649 g/mol. The van der Waals surface area contributed by atoms with E-state index < -0.39 is 20.0 Å². The van der Waals surface area contributed by atoms with Crippen molar-refractivity contribution >= 4 is 47.3 Å². The van der Waals surface area contributed by atoms with Gasteiger partial charge in [-0.05, 0) is 64.3 Å². The molecule has 0 radical (unpaired) electrons. The van der Waals surface area contributed by atoms with Crippen LogP contribution in [0.25, 0.3) is 22.4 Å². The van der Waals surface area contributed by atoms with Gasteiger partial charge in [0.2, 0.25) is 0 Å². The van der Waals surface area contributed by atoms with E-state index in [4.69, 9.17) is 0 Å². The minimum absolute atomic E-state index is 0.0575. The topological polar surface area (TPSA) is 149 Å². The molecule has 0 fully saturated rings. The maximum Gasteiger partial charge on any atom is 0.258 e. The van der Waals surface area contributed by atoms with Crippen molar-refractivity contribution in [1.29, 1.82) is 0 Å². The zero-order valence-electron chi connectivity index (χ0n) is 22.2. The Morgan fingerprint density at radius 2 is 1.32 bits per heavy atom. The third-order valence-corrected chi connectivity index (χ3v) is 9.33. The average Bonchev–Trinajstić information content (AvgIpc) is 3.52. The van der Waals surface area contributed by atoms with E-state index >= 15 is 0 Å². The van der Waals surface area contributed by atoms with Crippen LogP contribution in [0.2, 0.25) is 0 Å². The number of aryl methyl sites for hydroxylation is 2. The normalized spacial score (nSPS) is 12.0. The van der Waals surface area contributed by atoms with Crippen LogP contribution >= 0.6 is 15.9 Å². The quantitative estimate of drug-likeness (QED) is 0.275. The molecule has 5 rings (SSSR count). The minimum Gasteiger partial charge on any atom is -0.318 e. The van der Waals surface area contributed by atoms with Crippen molar-refractivity contribution < 1.29 is 16.8 Å². The van der Waals surface area contributed by atoms with Gasteiger partial charge in [-0.3, -0.25) is 13.6 Å². The third kappa shape index (κ3) is 6.02. The maximum absolute atomic E-state index is 12.3. The number of rotatable bonds is 7. The van der Waals surface area contributed by atoms with Crippen LogP contribution in [-0.4, -0.2) is 53.3 Å². The van der Waals surface area contributed by atoms with E-state index in [1.807, 2.05) is 12.1 Å². The van der Waals surface area contributed by atoms with Gasteiger partial charge in [-0.15, -0.1) is 0 Å². The summed E-state index contributed by atoms with van der Waals surface area (Å²) in [6.07, 6.45) is 7.80. The van der Waals surface area contributed by atoms with Crippen LogP contribution in [-0.2, 0) is 27.1 Å². The van der Waals surface area contributed by atoms with Crippen molar-refractivity contribution in [1.82, 2.24) is 32.8 Å². The number of aromatic nitrogens is 5. The lowest BCUT2D eigenvalue weighted by atomic mass is 10.1. The molecule has 0 bridgehead atoms. The van der Waals surface area contributed by atoms with Gasteiger partial charge in [-0.1, -0.05) is 13.8 Å². The minimum atomic E-state index is -3.62. The van der Waals surface area contributed by atoms with Crippen molar-refractivity contribution in [2.45, 2.75) is 30.8 Å². The number of hydrogen-bond acceptors (Lipinski definition) is 7. The number of halogens is 1. The molecule has 0 spiro atoms. The molecule has 0 amide bonds. The second-order valence-electron chi connectivity index (χ2n) is 8.74. The largest absolute Gasteiger partial charge is 0.318 e. The summed E-state index contributed by atoms with van der Waals surface area (Å²) in [7, 11) is -5.41. The smallest absolute Gasteiger partial charge is 0.258 e. The molecule has 5 heterocycles. The molecule has 0 aliphatic heterocycles. The number of imidazole rings is 2. The van der Waals surface area contributed by atoms with Crippen LogP contribution < -0.4 is 15.0 Å². The van der Waals surface area contributed by atoms with Crippen LogP contribution in [0, 0.1) is 6.92 Å². The highest BCUT2D eigenvalue weighted by atomic mass is 79.9. The molecule has 0 unspecified atom stereocenters. The zero-order chi connectivity index (χ0) is 29.2. The van der Waals surface area contributed by atoms with E-state index in [1.165, 1.54) is 25.8 Å². The highest BCUT2D eigenvalue weighted by Crippen LogP contribution is 2.22. The van der Waals surface area contributed by atoms with Crippen molar-refractivity contribution in [2.75, 3.05) is 13.1 Å². The number of nitrogens with zero attached hydrogens (tertiary/aromatic N) is 5. The van der Waals surface area contributed by atoms with E-state index in [0.717, 1.165) is 15.6 Å². The van der Waals surface area contributed by atoms with E-state index in [9.17, 15) is 21.6 Å². The first-order valence-electron chi connectivity index (χ1n) is 12.1. The van der Waals surface area contributed by atoms with Gasteiger partial charge in [0.15, 0.2) is 10.1 Å². The summed E-state index contributed by atoms with van der Waals surface area (Å²) in [5.74, 6) is 0. The standard InChI is InChI=1S/C16H18N4O3S.C9H10BrN3O2S/c1-4-18-24(22,23)15-8-17-14-6-5-12(10-20(14)15)13-7-11(2)16(21)19(3)9-13;1-2-12-16(14,15)9-5-11-8-4-3-7(10)6-13(8)9/h5-10,18H,4H2,1-3H3;3-6,12H,2H2,1H3. The molecule has 2 N–H and O–H groups in total. The Balaban J connectivity index is 0.000000201. The molecule has 0 aliphatic rings. The Labute approximate surface area is 239 Å². The molecule has 0 aliphatic carbocycles. The van der Waals surface area contributed by atoms with Crippen LogP contribution in [0.15, 0.2) is 80.6 Å². The van der Waals surface area contributed by atoms with Crippen molar-refractivity contribution in [2.24, 2.45) is 7.05 Å². The predicted molar refractivity (Wildman–Crippen MR) is 155 cm³/mol. The van der Waals surface area contributed by atoms with Crippen LogP contribution in [0.5, 0.6) is 0 Å². The van der Waals surface area contributed by atoms with Crippen LogP contribution in [0.4, 0.5) is 0 Å². The van der Waals surface area contributed by atoms with Crippen molar-refractivity contribution in [3.63, 3.8) is 0 Å². The zero-order valence-corrected chi connectivity index (χ0v) is 25.4. The number of hydrogen-bond donors (Lipinski definition) is 2. The Morgan fingerprint density at radius 3 is 1.85 bits per heavy atom. The molecule has 0 saturated heterocycles. The highest BCUT2D eigenvalue weighted by molar-refractivity contribution is 9.10. The fourth-order valence-electron chi connectivity index (χ4n) is 4.02. The molecule has 212 valence electrons. The Bertz CT molecular complexity index is 1950. The number of nitrogens with one attached hydrogen (secondary N) is 2. The summed E-state index contributed by atoms with van der Waals surface area (Å²) in [6, 6.07) is 8.95. The second kappa shape index (κ2) is 11.6. The highest BCUT2D eigenvalue weighted by Gasteiger charge is 2.19. The first-order chi connectivity index (χ1) is 18.9. The lowest BCUT2D eigenvalue weighted by Crippen LogP contribution is -2.24. The summed E-state index contributed by atoms with van der Waals surface area (Å²) < 4.78 is 58.5. The van der Waals surface area contributed by atoms with Gasteiger partial charge in [0.1, 0.15) is 11.3 Å². The fraction of sp³-hybridized carbons (Fsp3) is 0.240. The predicted octanol–water partition coefficient (Wildman–Crippen LogP) is 2.70. The molecule has 5 aromatic heterocycles. The second-order valence-corrected chi connectivity index (χ2v) is 13.1. The molecular formula is C25H28BrN7O5S2. The molecule has 12 nitrogen and oxygen atoms in total.